The van der Waals surface area contributed by atoms with E-state index in [9.17, 15) is 5.11 Å². The summed E-state index contributed by atoms with van der Waals surface area (Å²) in [6.45, 7) is 2.51. The van der Waals surface area contributed by atoms with Gasteiger partial charge in [0, 0.05) is 17.1 Å². The molecular formula is C14H14ClN5O2S. The number of aliphatic hydroxyl groups excluding tert-OH is 1. The number of aromatic nitrogens is 5. The molecule has 23 heavy (non-hydrogen) atoms. The first-order chi connectivity index (χ1) is 11.2. The van der Waals surface area contributed by atoms with Crippen LogP contribution in [-0.2, 0) is 18.9 Å². The lowest BCUT2D eigenvalue weighted by molar-refractivity contribution is 0.264. The molecular weight excluding hydrogens is 338 g/mol. The zero-order valence-corrected chi connectivity index (χ0v) is 13.9. The van der Waals surface area contributed by atoms with Crippen LogP contribution in [-0.4, -0.2) is 30.0 Å². The Morgan fingerprint density at radius 1 is 1.35 bits per heavy atom. The second-order valence-electron chi connectivity index (χ2n) is 4.61. The predicted molar refractivity (Wildman–Crippen MR) is 85.9 cm³/mol. The molecule has 0 amide bonds. The van der Waals surface area contributed by atoms with E-state index in [0.29, 0.717) is 40.0 Å². The highest BCUT2D eigenvalue weighted by Crippen LogP contribution is 2.24. The lowest BCUT2D eigenvalue weighted by Crippen LogP contribution is -2.02. The fraction of sp³-hybridized carbons (Fsp3) is 0.286. The molecule has 0 fully saturated rings. The molecule has 0 aliphatic carbocycles. The lowest BCUT2D eigenvalue weighted by atomic mass is 10.2. The van der Waals surface area contributed by atoms with Crippen LogP contribution in [0, 0.1) is 0 Å². The first-order valence-corrected chi connectivity index (χ1v) is 8.32. The SMILES string of the molecule is CCn1c(CO)nnc1SCc1nc(-c2cccc(Cl)c2)no1. The van der Waals surface area contributed by atoms with Crippen molar-refractivity contribution in [3.8, 4) is 11.4 Å². The summed E-state index contributed by atoms with van der Waals surface area (Å²) < 4.78 is 7.10. The topological polar surface area (TPSA) is 89.9 Å². The van der Waals surface area contributed by atoms with Crippen molar-refractivity contribution in [1.29, 1.82) is 0 Å². The van der Waals surface area contributed by atoms with Crippen molar-refractivity contribution < 1.29 is 9.63 Å². The minimum absolute atomic E-state index is 0.138. The van der Waals surface area contributed by atoms with Crippen LogP contribution in [0.2, 0.25) is 5.02 Å². The quantitative estimate of drug-likeness (QED) is 0.683. The number of halogens is 1. The molecule has 7 nitrogen and oxygen atoms in total. The van der Waals surface area contributed by atoms with Crippen molar-refractivity contribution in [3.05, 3.63) is 41.0 Å². The number of aliphatic hydroxyl groups is 1. The van der Waals surface area contributed by atoms with Gasteiger partial charge in [-0.25, -0.2) is 0 Å². The van der Waals surface area contributed by atoms with E-state index in [1.807, 2.05) is 23.6 Å². The van der Waals surface area contributed by atoms with Crippen molar-refractivity contribution in [2.75, 3.05) is 0 Å². The Hall–Kier alpha value is -1.90. The van der Waals surface area contributed by atoms with Gasteiger partial charge in [0.1, 0.15) is 6.61 Å². The third kappa shape index (κ3) is 3.54. The first-order valence-electron chi connectivity index (χ1n) is 6.95. The standard InChI is InChI=1S/C14H14ClN5O2S/c1-2-20-11(7-21)17-18-14(20)23-8-12-16-13(19-22-12)9-4-3-5-10(15)6-9/h3-6,21H,2,7-8H2,1H3. The van der Waals surface area contributed by atoms with E-state index >= 15 is 0 Å². The van der Waals surface area contributed by atoms with E-state index in [0.717, 1.165) is 5.56 Å². The maximum absolute atomic E-state index is 9.22. The average molecular weight is 352 g/mol. The second kappa shape index (κ2) is 7.12. The molecule has 1 aromatic carbocycles. The first kappa shape index (κ1) is 16.0. The second-order valence-corrected chi connectivity index (χ2v) is 5.99. The van der Waals surface area contributed by atoms with Gasteiger partial charge in [-0.3, -0.25) is 0 Å². The Morgan fingerprint density at radius 3 is 2.96 bits per heavy atom. The molecule has 0 atom stereocenters. The van der Waals surface area contributed by atoms with Crippen LogP contribution in [0.4, 0.5) is 0 Å². The van der Waals surface area contributed by atoms with Crippen molar-refractivity contribution >= 4 is 23.4 Å². The molecule has 9 heteroatoms. The summed E-state index contributed by atoms with van der Waals surface area (Å²) in [5.74, 6) is 1.99. The normalized spacial score (nSPS) is 11.1. The molecule has 1 N–H and O–H groups in total. The molecule has 0 aliphatic heterocycles. The lowest BCUT2D eigenvalue weighted by Gasteiger charge is -2.03. The van der Waals surface area contributed by atoms with E-state index in [2.05, 4.69) is 20.3 Å². The van der Waals surface area contributed by atoms with Crippen LogP contribution in [0.25, 0.3) is 11.4 Å². The van der Waals surface area contributed by atoms with Gasteiger partial charge in [-0.1, -0.05) is 40.7 Å². The minimum atomic E-state index is -0.138. The van der Waals surface area contributed by atoms with E-state index in [-0.39, 0.29) is 6.61 Å². The molecule has 0 unspecified atom stereocenters. The van der Waals surface area contributed by atoms with Gasteiger partial charge in [-0.15, -0.1) is 10.2 Å². The number of benzene rings is 1. The van der Waals surface area contributed by atoms with Crippen LogP contribution in [0.15, 0.2) is 33.9 Å². The summed E-state index contributed by atoms with van der Waals surface area (Å²) in [5.41, 5.74) is 0.803. The van der Waals surface area contributed by atoms with Crippen molar-refractivity contribution in [2.24, 2.45) is 0 Å². The monoisotopic (exact) mass is 351 g/mol. The van der Waals surface area contributed by atoms with Gasteiger partial charge < -0.3 is 14.2 Å². The molecule has 120 valence electrons. The predicted octanol–water partition coefficient (Wildman–Crippen LogP) is 2.79. The van der Waals surface area contributed by atoms with E-state index in [1.54, 1.807) is 12.1 Å². The number of hydrogen-bond donors (Lipinski definition) is 1. The third-order valence-electron chi connectivity index (χ3n) is 3.13. The molecule has 0 spiro atoms. The molecule has 0 saturated heterocycles. The van der Waals surface area contributed by atoms with Gasteiger partial charge in [0.15, 0.2) is 11.0 Å². The number of rotatable bonds is 6. The summed E-state index contributed by atoms with van der Waals surface area (Å²) in [6.07, 6.45) is 0. The zero-order chi connectivity index (χ0) is 16.2. The third-order valence-corrected chi connectivity index (χ3v) is 4.31. The van der Waals surface area contributed by atoms with Gasteiger partial charge in [-0.05, 0) is 19.1 Å². The van der Waals surface area contributed by atoms with E-state index in [1.165, 1.54) is 11.8 Å². The highest BCUT2D eigenvalue weighted by atomic mass is 35.5. The molecule has 0 bridgehead atoms. The van der Waals surface area contributed by atoms with Crippen LogP contribution >= 0.6 is 23.4 Å². The fourth-order valence-electron chi connectivity index (χ4n) is 2.05. The zero-order valence-electron chi connectivity index (χ0n) is 12.3. The van der Waals surface area contributed by atoms with Crippen LogP contribution in [0.3, 0.4) is 0 Å². The maximum Gasteiger partial charge on any atom is 0.237 e. The molecule has 2 aromatic heterocycles. The van der Waals surface area contributed by atoms with Gasteiger partial charge in [0.2, 0.25) is 11.7 Å². The van der Waals surface area contributed by atoms with Crippen LogP contribution in [0.1, 0.15) is 18.6 Å². The smallest absolute Gasteiger partial charge is 0.237 e. The molecule has 2 heterocycles. The van der Waals surface area contributed by atoms with Crippen molar-refractivity contribution in [3.63, 3.8) is 0 Å². The van der Waals surface area contributed by atoms with Gasteiger partial charge in [-0.2, -0.15) is 4.98 Å². The highest BCUT2D eigenvalue weighted by molar-refractivity contribution is 7.98. The Labute approximate surface area is 141 Å². The molecule has 0 radical (unpaired) electrons. The average Bonchev–Trinajstić information content (AvgIpc) is 3.19. The van der Waals surface area contributed by atoms with Crippen molar-refractivity contribution in [2.45, 2.75) is 31.0 Å². The summed E-state index contributed by atoms with van der Waals surface area (Å²) in [6, 6.07) is 7.28. The maximum atomic E-state index is 9.22. The summed E-state index contributed by atoms with van der Waals surface area (Å²) in [7, 11) is 0. The van der Waals surface area contributed by atoms with Gasteiger partial charge in [0.25, 0.3) is 0 Å². The van der Waals surface area contributed by atoms with Crippen molar-refractivity contribution in [1.82, 2.24) is 24.9 Å². The fourth-order valence-corrected chi connectivity index (χ4v) is 3.09. The van der Waals surface area contributed by atoms with Crippen LogP contribution < -0.4 is 0 Å². The number of thioether (sulfide) groups is 1. The number of hydrogen-bond acceptors (Lipinski definition) is 7. The summed E-state index contributed by atoms with van der Waals surface area (Å²) in [4.78, 5) is 4.36. The minimum Gasteiger partial charge on any atom is -0.388 e. The van der Waals surface area contributed by atoms with Gasteiger partial charge >= 0.3 is 0 Å². The molecule has 0 saturated carbocycles. The summed E-state index contributed by atoms with van der Waals surface area (Å²) >= 11 is 7.39. The molecule has 3 rings (SSSR count). The Morgan fingerprint density at radius 2 is 2.22 bits per heavy atom. The number of nitrogens with zero attached hydrogens (tertiary/aromatic N) is 5. The highest BCUT2D eigenvalue weighted by Gasteiger charge is 2.14. The Bertz CT molecular complexity index is 804. The largest absolute Gasteiger partial charge is 0.388 e. The van der Waals surface area contributed by atoms with Crippen LogP contribution in [0.5, 0.6) is 0 Å². The van der Waals surface area contributed by atoms with E-state index in [4.69, 9.17) is 16.1 Å². The molecule has 0 aliphatic rings. The summed E-state index contributed by atoms with van der Waals surface area (Å²) in [5, 5.41) is 22.5. The molecule has 3 aromatic rings. The van der Waals surface area contributed by atoms with E-state index < -0.39 is 0 Å². The van der Waals surface area contributed by atoms with Gasteiger partial charge in [0.05, 0.1) is 5.75 Å². The Balaban J connectivity index is 1.71. The Kier molecular flexibility index (Phi) is 4.94.